The summed E-state index contributed by atoms with van der Waals surface area (Å²) in [5.74, 6) is -1.90. The van der Waals surface area contributed by atoms with E-state index in [9.17, 15) is 28.0 Å². The third kappa shape index (κ3) is 9.87. The fraction of sp³-hybridized carbons (Fsp3) is 0.417. The number of halogens is 2. The Morgan fingerprint density at radius 1 is 0.567 bits per heavy atom. The smallest absolute Gasteiger partial charge is 0.337 e. The van der Waals surface area contributed by atoms with E-state index < -0.39 is 17.6 Å². The second-order valence-electron chi connectivity index (χ2n) is 16.2. The number of ether oxygens (including phenoxy) is 1. The highest BCUT2D eigenvalue weighted by Gasteiger charge is 2.28. The fourth-order valence-corrected chi connectivity index (χ4v) is 8.73. The van der Waals surface area contributed by atoms with Gasteiger partial charge in [-0.25, -0.2) is 23.2 Å². The van der Waals surface area contributed by atoms with Crippen molar-refractivity contribution in [3.05, 3.63) is 129 Å². The van der Waals surface area contributed by atoms with E-state index in [1.165, 1.54) is 47.6 Å². The standard InChI is InChI=1S/C24H28FN3O2.C24H27FN2O3/c25-22-14-19(23(29)15-26)7-8-20(22)16-28(24(30)27-11-2-1-3-12-27)21-10-9-17-5-4-6-18(17)13-21;1-30-23(28)19-8-9-20(22(25)15-19)16-27(24(29)26-12-3-2-4-13-26)21-11-10-17-6-5-7-18(17)14-21/h7-10,13-14H,1-6,11-12,15-16,26H2;8-11,14-15H,2-7,12-13,16H2,1H3. The van der Waals surface area contributed by atoms with Gasteiger partial charge in [-0.2, -0.15) is 0 Å². The average molecular weight is 820 g/mol. The second kappa shape index (κ2) is 19.6. The molecule has 2 saturated heterocycles. The number of amides is 4. The van der Waals surface area contributed by atoms with E-state index in [1.54, 1.807) is 28.0 Å². The molecule has 4 aliphatic rings. The van der Waals surface area contributed by atoms with Crippen molar-refractivity contribution in [2.75, 3.05) is 49.6 Å². The fourth-order valence-electron chi connectivity index (χ4n) is 8.73. The highest BCUT2D eigenvalue weighted by atomic mass is 19.1. The lowest BCUT2D eigenvalue weighted by Gasteiger charge is -2.33. The number of esters is 1. The van der Waals surface area contributed by atoms with Crippen LogP contribution < -0.4 is 15.5 Å². The van der Waals surface area contributed by atoms with Gasteiger partial charge in [0.05, 0.1) is 32.3 Å². The molecule has 2 fully saturated rings. The maximum absolute atomic E-state index is 14.8. The van der Waals surface area contributed by atoms with Crippen molar-refractivity contribution < 1.29 is 32.7 Å². The molecule has 10 nitrogen and oxygen atoms in total. The summed E-state index contributed by atoms with van der Waals surface area (Å²) in [5, 5.41) is 0. The van der Waals surface area contributed by atoms with Gasteiger partial charge in [-0.3, -0.25) is 14.6 Å². The molecule has 12 heteroatoms. The summed E-state index contributed by atoms with van der Waals surface area (Å²) in [4.78, 5) is 57.3. The summed E-state index contributed by atoms with van der Waals surface area (Å²) in [6, 6.07) is 20.7. The van der Waals surface area contributed by atoms with Gasteiger partial charge in [-0.1, -0.05) is 30.3 Å². The molecule has 0 saturated carbocycles. The van der Waals surface area contributed by atoms with E-state index in [2.05, 4.69) is 29.0 Å². The molecule has 2 aliphatic carbocycles. The van der Waals surface area contributed by atoms with Crippen molar-refractivity contribution in [2.24, 2.45) is 5.73 Å². The van der Waals surface area contributed by atoms with Gasteiger partial charge in [-0.15, -0.1) is 0 Å². The zero-order valence-electron chi connectivity index (χ0n) is 34.5. The first kappa shape index (κ1) is 42.5. The third-order valence-electron chi connectivity index (χ3n) is 12.2. The molecule has 2 heterocycles. The summed E-state index contributed by atoms with van der Waals surface area (Å²) in [7, 11) is 1.26. The van der Waals surface area contributed by atoms with Crippen LogP contribution in [0.25, 0.3) is 0 Å². The summed E-state index contributed by atoms with van der Waals surface area (Å²) in [5.41, 5.74) is 13.3. The van der Waals surface area contributed by atoms with Crippen LogP contribution in [0.4, 0.5) is 29.7 Å². The molecular weight excluding hydrogens is 765 g/mol. The van der Waals surface area contributed by atoms with Crippen LogP contribution >= 0.6 is 0 Å². The SMILES string of the molecule is COC(=O)c1ccc(CN(C(=O)N2CCCCC2)c2ccc3c(c2)CCC3)c(F)c1.NCC(=O)c1ccc(CN(C(=O)N2CCCCC2)c2ccc3c(c2)CCC3)c(F)c1. The predicted octanol–water partition coefficient (Wildman–Crippen LogP) is 8.78. The lowest BCUT2D eigenvalue weighted by molar-refractivity contribution is 0.0600. The number of piperidine rings is 2. The molecule has 8 rings (SSSR count). The Balaban J connectivity index is 0.000000181. The van der Waals surface area contributed by atoms with Crippen molar-refractivity contribution in [1.29, 1.82) is 0 Å². The number of ketones is 1. The number of carbonyl (C=O) groups excluding carboxylic acids is 4. The Morgan fingerprint density at radius 3 is 1.43 bits per heavy atom. The molecule has 4 aromatic carbocycles. The topological polar surface area (TPSA) is 116 Å². The van der Waals surface area contributed by atoms with Crippen LogP contribution in [0.2, 0.25) is 0 Å². The Labute approximate surface area is 351 Å². The quantitative estimate of drug-likeness (QED) is 0.133. The molecule has 0 spiro atoms. The van der Waals surface area contributed by atoms with E-state index in [1.807, 2.05) is 21.9 Å². The summed E-state index contributed by atoms with van der Waals surface area (Å²) in [6.45, 7) is 2.99. The molecule has 0 bridgehead atoms. The second-order valence-corrected chi connectivity index (χ2v) is 16.2. The number of hydrogen-bond acceptors (Lipinski definition) is 6. The number of methoxy groups -OCH3 is 1. The number of aryl methyl sites for hydroxylation is 4. The first-order valence-corrected chi connectivity index (χ1v) is 21.4. The minimum atomic E-state index is -0.583. The lowest BCUT2D eigenvalue weighted by atomic mass is 10.1. The van der Waals surface area contributed by atoms with Crippen molar-refractivity contribution in [2.45, 2.75) is 90.1 Å². The molecule has 0 radical (unpaired) electrons. The van der Waals surface area contributed by atoms with E-state index in [-0.39, 0.29) is 48.6 Å². The van der Waals surface area contributed by atoms with E-state index in [4.69, 9.17) is 5.73 Å². The van der Waals surface area contributed by atoms with Crippen LogP contribution in [0.1, 0.15) is 105 Å². The molecule has 4 aromatic rings. The van der Waals surface area contributed by atoms with Crippen molar-refractivity contribution in [3.63, 3.8) is 0 Å². The highest BCUT2D eigenvalue weighted by molar-refractivity contribution is 5.97. The molecule has 0 unspecified atom stereocenters. The summed E-state index contributed by atoms with van der Waals surface area (Å²) < 4.78 is 34.3. The number of benzene rings is 4. The normalized spacial score (nSPS) is 15.7. The third-order valence-corrected chi connectivity index (χ3v) is 12.2. The van der Waals surface area contributed by atoms with Crippen LogP contribution in [-0.4, -0.2) is 73.4 Å². The van der Waals surface area contributed by atoms with Gasteiger partial charge >= 0.3 is 18.0 Å². The van der Waals surface area contributed by atoms with Crippen LogP contribution in [0.15, 0.2) is 72.8 Å². The minimum absolute atomic E-state index is 0.0887. The Morgan fingerprint density at radius 2 is 1.00 bits per heavy atom. The molecule has 0 atom stereocenters. The largest absolute Gasteiger partial charge is 0.465 e. The molecule has 0 aromatic heterocycles. The number of Topliss-reactive ketones (excluding diaryl/α,β-unsaturated/α-hetero) is 1. The van der Waals surface area contributed by atoms with Gasteiger partial charge in [0.25, 0.3) is 0 Å². The molecule has 60 heavy (non-hydrogen) atoms. The van der Waals surface area contributed by atoms with Gasteiger partial charge in [-0.05, 0) is 142 Å². The average Bonchev–Trinajstić information content (AvgIpc) is 3.97. The summed E-state index contributed by atoms with van der Waals surface area (Å²) in [6.07, 6.45) is 12.7. The van der Waals surface area contributed by atoms with Gasteiger partial charge < -0.3 is 20.3 Å². The van der Waals surface area contributed by atoms with Gasteiger partial charge in [0.2, 0.25) is 0 Å². The van der Waals surface area contributed by atoms with Crippen molar-refractivity contribution >= 4 is 35.2 Å². The number of fused-ring (bicyclic) bond motifs is 2. The van der Waals surface area contributed by atoms with Gasteiger partial charge in [0.1, 0.15) is 11.6 Å². The van der Waals surface area contributed by atoms with Crippen molar-refractivity contribution in [1.82, 2.24) is 9.80 Å². The van der Waals surface area contributed by atoms with Crippen LogP contribution in [0.5, 0.6) is 0 Å². The number of nitrogens with two attached hydrogens (primary N) is 1. The van der Waals surface area contributed by atoms with Crippen molar-refractivity contribution in [3.8, 4) is 0 Å². The zero-order chi connectivity index (χ0) is 42.2. The molecule has 316 valence electrons. The Hall–Kier alpha value is -5.62. The predicted molar refractivity (Wildman–Crippen MR) is 228 cm³/mol. The summed E-state index contributed by atoms with van der Waals surface area (Å²) >= 11 is 0. The first-order valence-electron chi connectivity index (χ1n) is 21.4. The Kier molecular flexibility index (Phi) is 13.9. The maximum atomic E-state index is 14.8. The highest BCUT2D eigenvalue weighted by Crippen LogP contribution is 2.31. The molecular formula is C48H55F2N5O5. The monoisotopic (exact) mass is 819 g/mol. The number of carbonyl (C=O) groups is 4. The number of hydrogen-bond donors (Lipinski definition) is 1. The van der Waals surface area contributed by atoms with Crippen LogP contribution in [0, 0.1) is 11.6 Å². The van der Waals surface area contributed by atoms with E-state index in [0.29, 0.717) is 11.1 Å². The van der Waals surface area contributed by atoms with Crippen LogP contribution in [0.3, 0.4) is 0 Å². The lowest BCUT2D eigenvalue weighted by Crippen LogP contribution is -2.45. The van der Waals surface area contributed by atoms with Gasteiger partial charge in [0, 0.05) is 54.2 Å². The number of anilines is 2. The van der Waals surface area contributed by atoms with E-state index >= 15 is 0 Å². The zero-order valence-corrected chi connectivity index (χ0v) is 34.5. The van der Waals surface area contributed by atoms with E-state index in [0.717, 1.165) is 115 Å². The molecule has 4 amide bonds. The Bertz CT molecular complexity index is 2060. The number of likely N-dealkylation sites (tertiary alicyclic amines) is 2. The number of urea groups is 2. The first-order chi connectivity index (χ1) is 29.1. The molecule has 2 aliphatic heterocycles. The maximum Gasteiger partial charge on any atom is 0.337 e. The molecule has 2 N–H and O–H groups in total. The minimum Gasteiger partial charge on any atom is -0.465 e. The number of rotatable bonds is 9. The number of nitrogens with zero attached hydrogens (tertiary/aromatic N) is 4. The van der Waals surface area contributed by atoms with Crippen LogP contribution in [-0.2, 0) is 43.5 Å². The van der Waals surface area contributed by atoms with Gasteiger partial charge in [0.15, 0.2) is 5.78 Å².